The molecule has 1 rings (SSSR count). The lowest BCUT2D eigenvalue weighted by Gasteiger charge is -2.37. The monoisotopic (exact) mass is 269 g/mol. The summed E-state index contributed by atoms with van der Waals surface area (Å²) < 4.78 is 0. The van der Waals surface area contributed by atoms with Crippen LogP contribution < -0.4 is 16.8 Å². The van der Waals surface area contributed by atoms with Crippen LogP contribution in [0.1, 0.15) is 26.7 Å². The van der Waals surface area contributed by atoms with Gasteiger partial charge in [-0.1, -0.05) is 6.92 Å². The Balaban J connectivity index is 2.54. The highest BCUT2D eigenvalue weighted by Crippen LogP contribution is 2.13. The molecule has 108 valence electrons. The number of ketones is 1. The summed E-state index contributed by atoms with van der Waals surface area (Å²) in [6.45, 7) is 5.31. The highest BCUT2D eigenvalue weighted by molar-refractivity contribution is 5.91. The average Bonchev–Trinajstić information content (AvgIpc) is 2.34. The standard InChI is InChI=1S/C12H23N5O2/c1-3-17-7-9(8(2)18)16-11(19)10(17)5-4-6-15-12(13)14/h9-10H,3-7H2,1-2H3,(H,16,19)(H4,13,14,15)/t9?,10-/m0/s1. The third-order valence-corrected chi connectivity index (χ3v) is 3.30. The molecule has 1 saturated heterocycles. The molecule has 1 fully saturated rings. The summed E-state index contributed by atoms with van der Waals surface area (Å²) in [5.74, 6) is -0.0270. The Morgan fingerprint density at radius 2 is 2.21 bits per heavy atom. The second-order valence-corrected chi connectivity index (χ2v) is 4.72. The first kappa shape index (κ1) is 15.4. The second kappa shape index (κ2) is 7.08. The summed E-state index contributed by atoms with van der Waals surface area (Å²) in [5.41, 5.74) is 10.5. The number of carbonyl (C=O) groups excluding carboxylic acids is 2. The summed E-state index contributed by atoms with van der Waals surface area (Å²) in [5, 5.41) is 2.76. The van der Waals surface area contributed by atoms with Crippen LogP contribution in [0.15, 0.2) is 4.99 Å². The van der Waals surface area contributed by atoms with Gasteiger partial charge in [-0.2, -0.15) is 0 Å². The number of rotatable bonds is 6. The van der Waals surface area contributed by atoms with Crippen LogP contribution in [-0.2, 0) is 9.59 Å². The minimum absolute atomic E-state index is 0.00856. The van der Waals surface area contributed by atoms with Crippen LogP contribution in [0.5, 0.6) is 0 Å². The minimum atomic E-state index is -0.388. The number of aliphatic imine (C=N–C) groups is 1. The number of hydrogen-bond acceptors (Lipinski definition) is 4. The number of Topliss-reactive ketones (excluding diaryl/α,β-unsaturated/α-hetero) is 1. The van der Waals surface area contributed by atoms with Crippen molar-refractivity contribution in [1.29, 1.82) is 0 Å². The third kappa shape index (κ3) is 4.51. The van der Waals surface area contributed by atoms with Crippen molar-refractivity contribution in [2.45, 2.75) is 38.8 Å². The molecule has 7 nitrogen and oxygen atoms in total. The summed E-state index contributed by atoms with van der Waals surface area (Å²) in [6.07, 6.45) is 1.41. The molecule has 0 aliphatic carbocycles. The molecule has 0 bridgehead atoms. The number of nitrogens with one attached hydrogen (secondary N) is 1. The van der Waals surface area contributed by atoms with Crippen molar-refractivity contribution in [3.05, 3.63) is 0 Å². The van der Waals surface area contributed by atoms with Gasteiger partial charge in [0.25, 0.3) is 0 Å². The van der Waals surface area contributed by atoms with E-state index in [1.54, 1.807) is 0 Å². The molecule has 1 heterocycles. The van der Waals surface area contributed by atoms with Gasteiger partial charge >= 0.3 is 0 Å². The smallest absolute Gasteiger partial charge is 0.237 e. The van der Waals surface area contributed by atoms with E-state index in [2.05, 4.69) is 10.3 Å². The van der Waals surface area contributed by atoms with E-state index in [0.29, 0.717) is 19.5 Å². The van der Waals surface area contributed by atoms with Crippen LogP contribution in [0.2, 0.25) is 0 Å². The van der Waals surface area contributed by atoms with Crippen molar-refractivity contribution in [2.75, 3.05) is 19.6 Å². The van der Waals surface area contributed by atoms with E-state index in [1.165, 1.54) is 6.92 Å². The number of carbonyl (C=O) groups is 2. The third-order valence-electron chi connectivity index (χ3n) is 3.30. The number of nitrogens with two attached hydrogens (primary N) is 2. The number of piperazine rings is 1. The topological polar surface area (TPSA) is 114 Å². The molecule has 1 aliphatic heterocycles. The SMILES string of the molecule is CCN1CC(C(C)=O)NC(=O)[C@@H]1CCCN=C(N)N. The molecule has 0 aromatic rings. The van der Waals surface area contributed by atoms with Crippen LogP contribution in [0, 0.1) is 0 Å². The van der Waals surface area contributed by atoms with Crippen molar-refractivity contribution >= 4 is 17.6 Å². The Morgan fingerprint density at radius 3 is 2.74 bits per heavy atom. The quantitative estimate of drug-likeness (QED) is 0.319. The molecular formula is C12H23N5O2. The maximum absolute atomic E-state index is 12.0. The predicted octanol–water partition coefficient (Wildman–Crippen LogP) is -1.18. The number of guanidine groups is 1. The van der Waals surface area contributed by atoms with Crippen molar-refractivity contribution in [2.24, 2.45) is 16.5 Å². The molecule has 2 atom stereocenters. The van der Waals surface area contributed by atoms with Crippen molar-refractivity contribution in [1.82, 2.24) is 10.2 Å². The summed E-state index contributed by atoms with van der Waals surface area (Å²) in [7, 11) is 0. The van der Waals surface area contributed by atoms with Gasteiger partial charge in [-0.3, -0.25) is 19.5 Å². The van der Waals surface area contributed by atoms with Crippen LogP contribution in [-0.4, -0.2) is 54.3 Å². The molecule has 0 aromatic carbocycles. The van der Waals surface area contributed by atoms with Gasteiger partial charge in [-0.15, -0.1) is 0 Å². The molecule has 1 amide bonds. The maximum Gasteiger partial charge on any atom is 0.237 e. The van der Waals surface area contributed by atoms with Gasteiger partial charge in [0.2, 0.25) is 5.91 Å². The fraction of sp³-hybridized carbons (Fsp3) is 0.750. The van der Waals surface area contributed by atoms with E-state index < -0.39 is 0 Å². The van der Waals surface area contributed by atoms with E-state index in [0.717, 1.165) is 13.0 Å². The first-order valence-electron chi connectivity index (χ1n) is 6.56. The molecule has 0 aromatic heterocycles. The largest absolute Gasteiger partial charge is 0.370 e. The zero-order valence-electron chi connectivity index (χ0n) is 11.6. The van der Waals surface area contributed by atoms with Crippen LogP contribution in [0.4, 0.5) is 0 Å². The minimum Gasteiger partial charge on any atom is -0.370 e. The van der Waals surface area contributed by atoms with E-state index in [1.807, 2.05) is 11.8 Å². The van der Waals surface area contributed by atoms with Gasteiger partial charge in [-0.05, 0) is 26.3 Å². The van der Waals surface area contributed by atoms with Crippen molar-refractivity contribution < 1.29 is 9.59 Å². The Kier molecular flexibility index (Phi) is 5.75. The molecule has 0 spiro atoms. The molecular weight excluding hydrogens is 246 g/mol. The molecule has 1 unspecified atom stereocenters. The van der Waals surface area contributed by atoms with Crippen molar-refractivity contribution in [3.63, 3.8) is 0 Å². The van der Waals surface area contributed by atoms with E-state index in [4.69, 9.17) is 11.5 Å². The normalized spacial score (nSPS) is 23.8. The zero-order chi connectivity index (χ0) is 14.4. The molecule has 0 radical (unpaired) electrons. The lowest BCUT2D eigenvalue weighted by molar-refractivity contribution is -0.135. The summed E-state index contributed by atoms with van der Waals surface area (Å²) >= 11 is 0. The summed E-state index contributed by atoms with van der Waals surface area (Å²) in [4.78, 5) is 29.3. The number of hydrogen-bond donors (Lipinski definition) is 3. The Labute approximate surface area is 113 Å². The lowest BCUT2D eigenvalue weighted by Crippen LogP contribution is -2.61. The fourth-order valence-electron chi connectivity index (χ4n) is 2.23. The predicted molar refractivity (Wildman–Crippen MR) is 73.6 cm³/mol. The van der Waals surface area contributed by atoms with Crippen LogP contribution in [0.3, 0.4) is 0 Å². The number of amides is 1. The first-order chi connectivity index (χ1) is 8.95. The number of nitrogens with zero attached hydrogens (tertiary/aromatic N) is 2. The van der Waals surface area contributed by atoms with Gasteiger partial charge in [-0.25, -0.2) is 0 Å². The van der Waals surface area contributed by atoms with Crippen molar-refractivity contribution in [3.8, 4) is 0 Å². The van der Waals surface area contributed by atoms with Gasteiger partial charge < -0.3 is 16.8 Å². The van der Waals surface area contributed by atoms with Gasteiger partial charge in [0.1, 0.15) is 0 Å². The fourth-order valence-corrected chi connectivity index (χ4v) is 2.23. The maximum atomic E-state index is 12.0. The molecule has 1 aliphatic rings. The van der Waals surface area contributed by atoms with E-state index in [-0.39, 0.29) is 29.7 Å². The van der Waals surface area contributed by atoms with Gasteiger partial charge in [0, 0.05) is 13.1 Å². The van der Waals surface area contributed by atoms with Gasteiger partial charge in [0.15, 0.2) is 11.7 Å². The zero-order valence-corrected chi connectivity index (χ0v) is 11.6. The van der Waals surface area contributed by atoms with Crippen LogP contribution >= 0.6 is 0 Å². The van der Waals surface area contributed by atoms with Gasteiger partial charge in [0.05, 0.1) is 12.1 Å². The van der Waals surface area contributed by atoms with E-state index in [9.17, 15) is 9.59 Å². The Morgan fingerprint density at radius 1 is 1.53 bits per heavy atom. The number of likely N-dealkylation sites (N-methyl/N-ethyl adjacent to an activating group) is 1. The molecule has 5 N–H and O–H groups in total. The first-order valence-corrected chi connectivity index (χ1v) is 6.56. The lowest BCUT2D eigenvalue weighted by atomic mass is 10.0. The molecule has 0 saturated carbocycles. The highest BCUT2D eigenvalue weighted by atomic mass is 16.2. The van der Waals surface area contributed by atoms with Crippen LogP contribution in [0.25, 0.3) is 0 Å². The molecule has 19 heavy (non-hydrogen) atoms. The molecule has 7 heteroatoms. The highest BCUT2D eigenvalue weighted by Gasteiger charge is 2.34. The summed E-state index contributed by atoms with van der Waals surface area (Å²) in [6, 6.07) is -0.587. The Bertz CT molecular complexity index is 365. The Hall–Kier alpha value is -1.63. The second-order valence-electron chi connectivity index (χ2n) is 4.72. The van der Waals surface area contributed by atoms with E-state index >= 15 is 0 Å². The average molecular weight is 269 g/mol.